The zero-order chi connectivity index (χ0) is 24.7. The molecule has 1 aliphatic rings. The van der Waals surface area contributed by atoms with Gasteiger partial charge in [-0.1, -0.05) is 48.5 Å². The minimum Gasteiger partial charge on any atom is -0.494 e. The molecule has 182 valence electrons. The number of amides is 1. The lowest BCUT2D eigenvalue weighted by Gasteiger charge is -2.40. The third-order valence-electron chi connectivity index (χ3n) is 5.95. The Hall–Kier alpha value is -4.00. The van der Waals surface area contributed by atoms with Gasteiger partial charge in [0.2, 0.25) is 11.7 Å². The number of anilines is 3. The lowest BCUT2D eigenvalue weighted by Crippen LogP contribution is -2.58. The number of esters is 1. The molecule has 0 aromatic heterocycles. The fraction of sp³-hybridized carbons (Fsp3) is 0.286. The Bertz CT molecular complexity index is 1150. The van der Waals surface area contributed by atoms with Crippen LogP contribution in [0.4, 0.5) is 17.1 Å². The number of ether oxygens (including phenoxy) is 2. The van der Waals surface area contributed by atoms with Crippen LogP contribution in [0.25, 0.3) is 0 Å². The van der Waals surface area contributed by atoms with Crippen LogP contribution in [0, 0.1) is 0 Å². The minimum absolute atomic E-state index is 0.154. The quantitative estimate of drug-likeness (QED) is 0.307. The van der Waals surface area contributed by atoms with E-state index in [1.165, 1.54) is 14.0 Å². The molecule has 0 fully saturated rings. The summed E-state index contributed by atoms with van der Waals surface area (Å²) in [6, 6.07) is 25.7. The maximum Gasteiger partial charge on any atom is 0.305 e. The highest BCUT2D eigenvalue weighted by Gasteiger charge is 2.47. The monoisotopic (exact) mass is 473 g/mol. The maximum absolute atomic E-state index is 12.4. The number of benzene rings is 3. The van der Waals surface area contributed by atoms with Crippen molar-refractivity contribution in [1.29, 1.82) is 0 Å². The van der Waals surface area contributed by atoms with Gasteiger partial charge < -0.3 is 20.1 Å². The summed E-state index contributed by atoms with van der Waals surface area (Å²) in [4.78, 5) is 25.8. The zero-order valence-corrected chi connectivity index (χ0v) is 20.1. The molecule has 1 aliphatic heterocycles. The van der Waals surface area contributed by atoms with Crippen LogP contribution >= 0.6 is 0 Å². The minimum atomic E-state index is -0.997. The molecule has 1 amide bonds. The van der Waals surface area contributed by atoms with Crippen molar-refractivity contribution in [3.05, 3.63) is 84.4 Å². The number of para-hydroxylation sites is 1. The number of nitrogens with one attached hydrogen (secondary N) is 2. The van der Waals surface area contributed by atoms with Crippen molar-refractivity contribution >= 4 is 28.9 Å². The van der Waals surface area contributed by atoms with E-state index in [0.717, 1.165) is 47.6 Å². The van der Waals surface area contributed by atoms with Crippen molar-refractivity contribution in [2.24, 2.45) is 0 Å². The Morgan fingerprint density at radius 3 is 2.34 bits per heavy atom. The molecule has 0 radical (unpaired) electrons. The molecule has 1 atom stereocenters. The van der Waals surface area contributed by atoms with Crippen molar-refractivity contribution in [1.82, 2.24) is 5.32 Å². The third kappa shape index (κ3) is 5.40. The first kappa shape index (κ1) is 24.1. The predicted molar refractivity (Wildman–Crippen MR) is 137 cm³/mol. The number of unbranched alkanes of at least 4 members (excludes halogenated alkanes) is 2. The normalized spacial score (nSPS) is 16.2. The largest absolute Gasteiger partial charge is 0.494 e. The second-order valence-electron chi connectivity index (χ2n) is 8.47. The molecule has 3 aromatic rings. The Kier molecular flexibility index (Phi) is 7.55. The molecule has 3 aromatic carbocycles. The molecule has 7 nitrogen and oxygen atoms in total. The maximum atomic E-state index is 12.4. The van der Waals surface area contributed by atoms with Gasteiger partial charge in [-0.25, -0.2) is 0 Å². The average molecular weight is 474 g/mol. The lowest BCUT2D eigenvalue weighted by atomic mass is 10.1. The van der Waals surface area contributed by atoms with Gasteiger partial charge in [0.1, 0.15) is 5.75 Å². The summed E-state index contributed by atoms with van der Waals surface area (Å²) < 4.78 is 10.7. The summed E-state index contributed by atoms with van der Waals surface area (Å²) in [6.07, 6.45) is 2.94. The molecule has 2 N–H and O–H groups in total. The van der Waals surface area contributed by atoms with Gasteiger partial charge in [0.05, 0.1) is 25.1 Å². The first-order valence-corrected chi connectivity index (χ1v) is 11.8. The van der Waals surface area contributed by atoms with E-state index in [2.05, 4.69) is 20.3 Å². The third-order valence-corrected chi connectivity index (χ3v) is 5.95. The number of fused-ring (bicyclic) bond motifs is 1. The molecule has 0 bridgehead atoms. The second-order valence-corrected chi connectivity index (χ2v) is 8.47. The van der Waals surface area contributed by atoms with Crippen LogP contribution in [0.5, 0.6) is 5.75 Å². The number of carbonyl (C=O) groups excluding carboxylic acids is 2. The zero-order valence-electron chi connectivity index (χ0n) is 20.1. The SMILES string of the molecule is COC(=O)CCCCCOc1ccc2c(c1)N(c1ccccc1)[C@@](NC(C)=O)(c1ccccc1)N2. The van der Waals surface area contributed by atoms with Crippen LogP contribution in [0.1, 0.15) is 38.2 Å². The number of nitrogens with zero attached hydrogens (tertiary/aromatic N) is 1. The summed E-state index contributed by atoms with van der Waals surface area (Å²) in [5.41, 5.74) is 3.62. The Morgan fingerprint density at radius 1 is 0.943 bits per heavy atom. The summed E-state index contributed by atoms with van der Waals surface area (Å²) in [6.45, 7) is 2.07. The van der Waals surface area contributed by atoms with Gasteiger partial charge in [-0.15, -0.1) is 0 Å². The number of hydrogen-bond donors (Lipinski definition) is 2. The first-order chi connectivity index (χ1) is 17.0. The highest BCUT2D eigenvalue weighted by molar-refractivity contribution is 5.88. The van der Waals surface area contributed by atoms with Crippen LogP contribution in [-0.2, 0) is 20.1 Å². The van der Waals surface area contributed by atoms with Crippen LogP contribution in [0.15, 0.2) is 78.9 Å². The molecule has 35 heavy (non-hydrogen) atoms. The van der Waals surface area contributed by atoms with E-state index in [0.29, 0.717) is 13.0 Å². The standard InChI is InChI=1S/C28H31N3O4/c1-21(32)29-28(22-12-6-3-7-13-22)30-25-18-17-24(35-19-11-5-10-16-27(33)34-2)20-26(25)31(28)23-14-8-4-9-15-23/h3-4,6-9,12-15,17-18,20,30H,5,10-11,16,19H2,1-2H3,(H,29,32)/t28-/m1/s1. The van der Waals surface area contributed by atoms with E-state index < -0.39 is 5.79 Å². The second kappa shape index (κ2) is 11.0. The fourth-order valence-electron chi connectivity index (χ4n) is 4.37. The number of carbonyl (C=O) groups is 2. The predicted octanol–water partition coefficient (Wildman–Crippen LogP) is 5.31. The van der Waals surface area contributed by atoms with Gasteiger partial charge in [-0.3, -0.25) is 14.5 Å². The molecule has 0 spiro atoms. The summed E-state index contributed by atoms with van der Waals surface area (Å²) in [5.74, 6) is -0.590. The Labute approximate surface area is 206 Å². The van der Waals surface area contributed by atoms with Gasteiger partial charge in [0.15, 0.2) is 0 Å². The van der Waals surface area contributed by atoms with Crippen LogP contribution in [0.3, 0.4) is 0 Å². The highest BCUT2D eigenvalue weighted by atomic mass is 16.5. The Morgan fingerprint density at radius 2 is 1.66 bits per heavy atom. The molecule has 0 saturated carbocycles. The van der Waals surface area contributed by atoms with Gasteiger partial charge in [-0.05, 0) is 43.5 Å². The van der Waals surface area contributed by atoms with Crippen molar-refractivity contribution < 1.29 is 19.1 Å². The molecule has 0 saturated heterocycles. The van der Waals surface area contributed by atoms with Gasteiger partial charge in [0, 0.05) is 30.7 Å². The molecule has 0 unspecified atom stereocenters. The smallest absolute Gasteiger partial charge is 0.305 e. The highest BCUT2D eigenvalue weighted by Crippen LogP contribution is 2.49. The number of methoxy groups -OCH3 is 1. The fourth-order valence-corrected chi connectivity index (χ4v) is 4.37. The molecule has 4 rings (SSSR count). The molecule has 1 heterocycles. The molecule has 7 heteroatoms. The number of hydrogen-bond acceptors (Lipinski definition) is 6. The van der Waals surface area contributed by atoms with E-state index in [-0.39, 0.29) is 11.9 Å². The van der Waals surface area contributed by atoms with Crippen molar-refractivity contribution in [2.45, 2.75) is 38.4 Å². The molecular formula is C28H31N3O4. The molecule has 0 aliphatic carbocycles. The van der Waals surface area contributed by atoms with Crippen LogP contribution < -0.4 is 20.3 Å². The molecular weight excluding hydrogens is 442 g/mol. The van der Waals surface area contributed by atoms with E-state index in [9.17, 15) is 9.59 Å². The van der Waals surface area contributed by atoms with Crippen LogP contribution in [0.2, 0.25) is 0 Å². The van der Waals surface area contributed by atoms with Gasteiger partial charge in [-0.2, -0.15) is 0 Å². The number of rotatable bonds is 10. The van der Waals surface area contributed by atoms with Crippen LogP contribution in [-0.4, -0.2) is 25.6 Å². The van der Waals surface area contributed by atoms with Crippen molar-refractivity contribution in [2.75, 3.05) is 23.9 Å². The summed E-state index contributed by atoms with van der Waals surface area (Å²) >= 11 is 0. The van der Waals surface area contributed by atoms with E-state index in [4.69, 9.17) is 4.74 Å². The topological polar surface area (TPSA) is 79.9 Å². The van der Waals surface area contributed by atoms with Gasteiger partial charge in [0.25, 0.3) is 0 Å². The summed E-state index contributed by atoms with van der Waals surface area (Å²) in [5, 5.41) is 6.73. The lowest BCUT2D eigenvalue weighted by molar-refractivity contribution is -0.140. The van der Waals surface area contributed by atoms with Crippen molar-refractivity contribution in [3.63, 3.8) is 0 Å². The first-order valence-electron chi connectivity index (χ1n) is 11.8. The Balaban J connectivity index is 1.61. The van der Waals surface area contributed by atoms with E-state index >= 15 is 0 Å². The van der Waals surface area contributed by atoms with E-state index in [1.54, 1.807) is 0 Å². The van der Waals surface area contributed by atoms with Gasteiger partial charge >= 0.3 is 5.97 Å². The summed E-state index contributed by atoms with van der Waals surface area (Å²) in [7, 11) is 1.41. The van der Waals surface area contributed by atoms with Crippen molar-refractivity contribution in [3.8, 4) is 5.75 Å². The van der Waals surface area contributed by atoms with E-state index in [1.807, 2.05) is 78.9 Å². The average Bonchev–Trinajstić information content (AvgIpc) is 3.20.